The maximum absolute atomic E-state index is 13.1. The van der Waals surface area contributed by atoms with Crippen molar-refractivity contribution in [2.75, 3.05) is 39.6 Å². The Morgan fingerprint density at radius 2 is 0.522 bits per heavy atom. The number of phosphoric acid groups is 2. The molecule has 6 atom stereocenters. The number of hydrogen-bond donors (Lipinski definition) is 3. The Morgan fingerprint density at radius 3 is 0.772 bits per heavy atom. The molecule has 546 valence electrons. The van der Waals surface area contributed by atoms with E-state index in [1.165, 1.54) is 199 Å². The molecule has 0 aromatic carbocycles. The van der Waals surface area contributed by atoms with Crippen LogP contribution in [-0.4, -0.2) is 96.7 Å². The molecule has 0 fully saturated rings. The van der Waals surface area contributed by atoms with E-state index in [0.29, 0.717) is 25.7 Å². The number of esters is 4. The van der Waals surface area contributed by atoms with Gasteiger partial charge in [0.15, 0.2) is 12.2 Å². The van der Waals surface area contributed by atoms with Crippen molar-refractivity contribution in [2.45, 2.75) is 400 Å². The van der Waals surface area contributed by atoms with Gasteiger partial charge >= 0.3 is 39.5 Å². The SMILES string of the molecule is CCCCCCCCCCCCCCCCCCCC(=O)OC[C@H](COP(=O)(O)OC[C@@H](O)COP(=O)(O)OC[C@@H](COC(=O)CCCCCCCCCC)OC(=O)CCCCCCCCC(C)CC)OC(=O)CCCCCCCCCCCCCCCCCCC. The zero-order chi connectivity index (χ0) is 67.7. The van der Waals surface area contributed by atoms with Crippen molar-refractivity contribution < 1.29 is 80.2 Å². The zero-order valence-corrected chi connectivity index (χ0v) is 61.5. The fourth-order valence-corrected chi connectivity index (χ4v) is 12.7. The van der Waals surface area contributed by atoms with E-state index in [2.05, 4.69) is 34.6 Å². The molecular formula is C73H142O17P2. The third-order valence-electron chi connectivity index (χ3n) is 17.4. The van der Waals surface area contributed by atoms with Gasteiger partial charge in [-0.15, -0.1) is 0 Å². The minimum atomic E-state index is -4.95. The lowest BCUT2D eigenvalue weighted by molar-refractivity contribution is -0.161. The fourth-order valence-electron chi connectivity index (χ4n) is 11.1. The summed E-state index contributed by atoms with van der Waals surface area (Å²) in [6.45, 7) is 7.20. The molecule has 0 aromatic heterocycles. The molecular weight excluding hydrogens is 1210 g/mol. The zero-order valence-electron chi connectivity index (χ0n) is 59.7. The minimum absolute atomic E-state index is 0.103. The molecule has 0 saturated carbocycles. The summed E-state index contributed by atoms with van der Waals surface area (Å²) in [5, 5.41) is 10.6. The normalized spacial score (nSPS) is 14.3. The van der Waals surface area contributed by atoms with Crippen LogP contribution in [-0.2, 0) is 65.4 Å². The number of aliphatic hydroxyl groups is 1. The summed E-state index contributed by atoms with van der Waals surface area (Å²) >= 11 is 0. The average molecular weight is 1350 g/mol. The van der Waals surface area contributed by atoms with Crippen molar-refractivity contribution in [3.8, 4) is 0 Å². The number of phosphoric ester groups is 2. The lowest BCUT2D eigenvalue weighted by Gasteiger charge is -2.21. The molecule has 3 unspecified atom stereocenters. The fraction of sp³-hybridized carbons (Fsp3) is 0.945. The highest BCUT2D eigenvalue weighted by atomic mass is 31.2. The van der Waals surface area contributed by atoms with E-state index in [9.17, 15) is 43.2 Å². The van der Waals surface area contributed by atoms with E-state index in [4.69, 9.17) is 37.0 Å². The Bertz CT molecular complexity index is 1770. The summed E-state index contributed by atoms with van der Waals surface area (Å²) in [6.07, 6.45) is 54.3. The smallest absolute Gasteiger partial charge is 0.462 e. The Balaban J connectivity index is 5.20. The molecule has 0 aliphatic heterocycles. The van der Waals surface area contributed by atoms with Crippen LogP contribution in [0.4, 0.5) is 0 Å². The van der Waals surface area contributed by atoms with E-state index >= 15 is 0 Å². The lowest BCUT2D eigenvalue weighted by Crippen LogP contribution is -2.30. The van der Waals surface area contributed by atoms with Crippen LogP contribution in [0.5, 0.6) is 0 Å². The molecule has 0 rings (SSSR count). The molecule has 3 N–H and O–H groups in total. The highest BCUT2D eigenvalue weighted by molar-refractivity contribution is 7.47. The average Bonchev–Trinajstić information content (AvgIpc) is 2.60. The van der Waals surface area contributed by atoms with Crippen molar-refractivity contribution >= 4 is 39.5 Å². The standard InChI is InChI=1S/C73H142O17P2/c1-6-10-13-16-19-22-24-26-28-30-32-34-36-38-41-47-52-57-71(76)84-62-68(89-72(77)58-53-48-42-39-37-35-33-31-29-27-25-23-20-17-14-11-7-2)64-87-91(79,80)85-60-67(74)61-86-92(81,82)88-65-69(63-83-70(75)56-51-46-40-21-18-15-12-8-3)90-73(78)59-54-49-44-43-45-50-55-66(5)9-4/h66-69,74H,6-65H2,1-5H3,(H,79,80)(H,81,82)/t66?,67-,68-,69-/m1/s1. The van der Waals surface area contributed by atoms with E-state index in [0.717, 1.165) is 102 Å². The van der Waals surface area contributed by atoms with Crippen LogP contribution in [0.2, 0.25) is 0 Å². The third kappa shape index (κ3) is 65.4. The largest absolute Gasteiger partial charge is 0.472 e. The molecule has 0 saturated heterocycles. The van der Waals surface area contributed by atoms with Crippen LogP contribution in [0.15, 0.2) is 0 Å². The van der Waals surface area contributed by atoms with Gasteiger partial charge in [0.05, 0.1) is 26.4 Å². The molecule has 0 aliphatic rings. The molecule has 0 amide bonds. The van der Waals surface area contributed by atoms with Gasteiger partial charge in [-0.25, -0.2) is 9.13 Å². The highest BCUT2D eigenvalue weighted by Crippen LogP contribution is 2.45. The van der Waals surface area contributed by atoms with Crippen molar-refractivity contribution in [3.63, 3.8) is 0 Å². The quantitative estimate of drug-likeness (QED) is 0.0222. The first-order chi connectivity index (χ1) is 44.6. The van der Waals surface area contributed by atoms with Crippen LogP contribution < -0.4 is 0 Å². The number of hydrogen-bond acceptors (Lipinski definition) is 15. The second kappa shape index (κ2) is 66.3. The van der Waals surface area contributed by atoms with Crippen LogP contribution in [0, 0.1) is 5.92 Å². The monoisotopic (exact) mass is 1350 g/mol. The highest BCUT2D eigenvalue weighted by Gasteiger charge is 2.30. The van der Waals surface area contributed by atoms with Crippen LogP contribution in [0.3, 0.4) is 0 Å². The molecule has 17 nitrogen and oxygen atoms in total. The first-order valence-corrected chi connectivity index (χ1v) is 41.2. The second-order valence-corrected chi connectivity index (χ2v) is 29.5. The second-order valence-electron chi connectivity index (χ2n) is 26.6. The molecule has 0 aromatic rings. The van der Waals surface area contributed by atoms with Crippen molar-refractivity contribution in [1.82, 2.24) is 0 Å². The van der Waals surface area contributed by atoms with Crippen molar-refractivity contribution in [2.24, 2.45) is 5.92 Å². The summed E-state index contributed by atoms with van der Waals surface area (Å²) in [5.74, 6) is -1.40. The van der Waals surface area contributed by atoms with Gasteiger partial charge in [0.2, 0.25) is 0 Å². The van der Waals surface area contributed by atoms with Gasteiger partial charge in [0, 0.05) is 25.7 Å². The summed E-state index contributed by atoms with van der Waals surface area (Å²) in [7, 11) is -9.90. The number of carbonyl (C=O) groups is 4. The third-order valence-corrected chi connectivity index (χ3v) is 19.3. The van der Waals surface area contributed by atoms with E-state index in [1.807, 2.05) is 0 Å². The first kappa shape index (κ1) is 90.1. The molecule has 0 radical (unpaired) electrons. The molecule has 0 aliphatic carbocycles. The van der Waals surface area contributed by atoms with Gasteiger partial charge in [-0.05, 0) is 31.6 Å². The topological polar surface area (TPSA) is 237 Å². The van der Waals surface area contributed by atoms with Gasteiger partial charge in [0.1, 0.15) is 19.3 Å². The maximum Gasteiger partial charge on any atom is 0.472 e. The Morgan fingerprint density at radius 1 is 0.304 bits per heavy atom. The molecule has 92 heavy (non-hydrogen) atoms. The molecule has 0 bridgehead atoms. The first-order valence-electron chi connectivity index (χ1n) is 38.2. The van der Waals surface area contributed by atoms with Gasteiger partial charge in [-0.1, -0.05) is 330 Å². The Kier molecular flexibility index (Phi) is 64.9. The summed E-state index contributed by atoms with van der Waals surface area (Å²) < 4.78 is 68.3. The van der Waals surface area contributed by atoms with Crippen LogP contribution >= 0.6 is 15.6 Å². The van der Waals surface area contributed by atoms with Gasteiger partial charge in [-0.2, -0.15) is 0 Å². The summed E-state index contributed by atoms with van der Waals surface area (Å²) in [4.78, 5) is 72.6. The van der Waals surface area contributed by atoms with E-state index in [-0.39, 0.29) is 25.7 Å². The Labute approximate surface area is 562 Å². The minimum Gasteiger partial charge on any atom is -0.462 e. The summed E-state index contributed by atoms with van der Waals surface area (Å²) in [6, 6.07) is 0. The molecule has 0 heterocycles. The predicted molar refractivity (Wildman–Crippen MR) is 372 cm³/mol. The lowest BCUT2D eigenvalue weighted by atomic mass is 10.00. The van der Waals surface area contributed by atoms with E-state index < -0.39 is 97.5 Å². The Hall–Kier alpha value is -1.94. The number of unbranched alkanes of at least 4 members (excludes halogenated alkanes) is 44. The van der Waals surface area contributed by atoms with Gasteiger partial charge in [-0.3, -0.25) is 37.3 Å². The number of rotatable bonds is 73. The van der Waals surface area contributed by atoms with Crippen LogP contribution in [0.25, 0.3) is 0 Å². The number of aliphatic hydroxyl groups excluding tert-OH is 1. The van der Waals surface area contributed by atoms with Crippen molar-refractivity contribution in [3.05, 3.63) is 0 Å². The van der Waals surface area contributed by atoms with E-state index in [1.54, 1.807) is 0 Å². The van der Waals surface area contributed by atoms with Crippen molar-refractivity contribution in [1.29, 1.82) is 0 Å². The van der Waals surface area contributed by atoms with Gasteiger partial charge in [0.25, 0.3) is 0 Å². The number of ether oxygens (including phenoxy) is 4. The summed E-state index contributed by atoms with van der Waals surface area (Å²) in [5.41, 5.74) is 0. The predicted octanol–water partition coefficient (Wildman–Crippen LogP) is 21.3. The molecule has 0 spiro atoms. The maximum atomic E-state index is 13.1. The number of carbonyl (C=O) groups excluding carboxylic acids is 4. The van der Waals surface area contributed by atoms with Gasteiger partial charge < -0.3 is 33.8 Å². The van der Waals surface area contributed by atoms with Crippen LogP contribution in [0.1, 0.15) is 381 Å². The molecule has 19 heteroatoms.